The molecule has 1 fully saturated rings. The lowest BCUT2D eigenvalue weighted by Gasteiger charge is -2.34. The molecule has 4 rings (SSSR count). The summed E-state index contributed by atoms with van der Waals surface area (Å²) in [6.45, 7) is 5.24. The second-order valence-electron chi connectivity index (χ2n) is 8.65. The Morgan fingerprint density at radius 2 is 1.88 bits per heavy atom. The normalized spacial score (nSPS) is 16.9. The SMILES string of the molecule is CCCN(Cc1nc(-c2ccccc2)no1)C(=O)[C@H]1CCCN(S(=O)(=O)c2ccc(C)cc2)C1. The van der Waals surface area contributed by atoms with Gasteiger partial charge in [0.1, 0.15) is 0 Å². The molecule has 2 aromatic carbocycles. The first-order valence-corrected chi connectivity index (χ1v) is 13.1. The van der Waals surface area contributed by atoms with E-state index in [1.807, 2.05) is 44.2 Å². The summed E-state index contributed by atoms with van der Waals surface area (Å²) in [6, 6.07) is 16.3. The van der Waals surface area contributed by atoms with Crippen LogP contribution < -0.4 is 0 Å². The fourth-order valence-electron chi connectivity index (χ4n) is 4.20. The van der Waals surface area contributed by atoms with Crippen LogP contribution in [0.3, 0.4) is 0 Å². The average Bonchev–Trinajstić information content (AvgIpc) is 3.33. The number of rotatable bonds is 8. The van der Waals surface area contributed by atoms with Crippen molar-refractivity contribution in [1.82, 2.24) is 19.3 Å². The maximum atomic E-state index is 13.4. The maximum Gasteiger partial charge on any atom is 0.246 e. The zero-order valence-corrected chi connectivity index (χ0v) is 20.4. The van der Waals surface area contributed by atoms with Gasteiger partial charge in [-0.3, -0.25) is 4.79 Å². The quantitative estimate of drug-likeness (QED) is 0.483. The van der Waals surface area contributed by atoms with Crippen LogP contribution in [0.15, 0.2) is 64.0 Å². The molecule has 1 aliphatic heterocycles. The lowest BCUT2D eigenvalue weighted by Crippen LogP contribution is -2.46. The van der Waals surface area contributed by atoms with Gasteiger partial charge in [0.15, 0.2) is 0 Å². The smallest absolute Gasteiger partial charge is 0.246 e. The van der Waals surface area contributed by atoms with Crippen molar-refractivity contribution >= 4 is 15.9 Å². The molecule has 1 atom stereocenters. The van der Waals surface area contributed by atoms with E-state index in [0.29, 0.717) is 37.6 Å². The van der Waals surface area contributed by atoms with Crippen molar-refractivity contribution in [2.45, 2.75) is 44.6 Å². The molecule has 8 nitrogen and oxygen atoms in total. The highest BCUT2D eigenvalue weighted by Crippen LogP contribution is 2.26. The molecular formula is C25H30N4O4S. The van der Waals surface area contributed by atoms with Crippen molar-refractivity contribution in [3.05, 3.63) is 66.1 Å². The van der Waals surface area contributed by atoms with Crippen LogP contribution in [0.2, 0.25) is 0 Å². The first-order valence-electron chi connectivity index (χ1n) is 11.6. The topological polar surface area (TPSA) is 96.6 Å². The van der Waals surface area contributed by atoms with E-state index in [4.69, 9.17) is 4.52 Å². The molecule has 0 aliphatic carbocycles. The standard InChI is InChI=1S/C25H30N4O4S/c1-3-15-28(18-23-26-24(27-33-23)20-8-5-4-6-9-20)25(30)21-10-7-16-29(17-21)34(31,32)22-13-11-19(2)12-14-22/h4-6,8-9,11-14,21H,3,7,10,15-18H2,1-2H3/t21-/m0/s1. The van der Waals surface area contributed by atoms with Crippen LogP contribution in [0.5, 0.6) is 0 Å². The van der Waals surface area contributed by atoms with Gasteiger partial charge < -0.3 is 9.42 Å². The second-order valence-corrected chi connectivity index (χ2v) is 10.6. The van der Waals surface area contributed by atoms with E-state index in [2.05, 4.69) is 10.1 Å². The van der Waals surface area contributed by atoms with Crippen LogP contribution in [0.1, 0.15) is 37.6 Å². The number of nitrogens with zero attached hydrogens (tertiary/aromatic N) is 4. The molecule has 1 aromatic heterocycles. The van der Waals surface area contributed by atoms with Gasteiger partial charge in [0, 0.05) is 25.2 Å². The summed E-state index contributed by atoms with van der Waals surface area (Å²) >= 11 is 0. The highest BCUT2D eigenvalue weighted by Gasteiger charge is 2.35. The van der Waals surface area contributed by atoms with E-state index in [1.165, 1.54) is 4.31 Å². The molecule has 2 heterocycles. The van der Waals surface area contributed by atoms with E-state index < -0.39 is 15.9 Å². The average molecular weight is 483 g/mol. The molecule has 0 bridgehead atoms. The van der Waals surface area contributed by atoms with E-state index in [0.717, 1.165) is 17.5 Å². The Hall–Kier alpha value is -3.04. The maximum absolute atomic E-state index is 13.4. The van der Waals surface area contributed by atoms with Crippen LogP contribution in [-0.2, 0) is 21.4 Å². The number of aromatic nitrogens is 2. The lowest BCUT2D eigenvalue weighted by atomic mass is 9.98. The number of hydrogen-bond donors (Lipinski definition) is 0. The minimum absolute atomic E-state index is 0.0786. The molecule has 3 aromatic rings. The highest BCUT2D eigenvalue weighted by atomic mass is 32.2. The van der Waals surface area contributed by atoms with Gasteiger partial charge in [0.05, 0.1) is 17.4 Å². The van der Waals surface area contributed by atoms with Crippen molar-refractivity contribution in [3.63, 3.8) is 0 Å². The Kier molecular flexibility index (Phi) is 7.43. The van der Waals surface area contributed by atoms with Gasteiger partial charge in [0.25, 0.3) is 0 Å². The third-order valence-corrected chi connectivity index (χ3v) is 7.90. The number of piperidine rings is 1. The Labute approximate surface area is 200 Å². The summed E-state index contributed by atoms with van der Waals surface area (Å²) in [5.74, 6) is 0.357. The third kappa shape index (κ3) is 5.37. The molecule has 180 valence electrons. The predicted octanol–water partition coefficient (Wildman–Crippen LogP) is 3.88. The van der Waals surface area contributed by atoms with E-state index >= 15 is 0 Å². The molecule has 0 saturated carbocycles. The molecule has 1 saturated heterocycles. The minimum Gasteiger partial charge on any atom is -0.337 e. The van der Waals surface area contributed by atoms with Gasteiger partial charge in [-0.25, -0.2) is 8.42 Å². The molecular weight excluding hydrogens is 452 g/mol. The Morgan fingerprint density at radius 3 is 2.59 bits per heavy atom. The van der Waals surface area contributed by atoms with Gasteiger partial charge in [-0.1, -0.05) is 60.1 Å². The van der Waals surface area contributed by atoms with Crippen LogP contribution in [-0.4, -0.2) is 53.3 Å². The number of amides is 1. The molecule has 0 unspecified atom stereocenters. The Bertz CT molecular complexity index is 1210. The summed E-state index contributed by atoms with van der Waals surface area (Å²) in [4.78, 5) is 19.9. The van der Waals surface area contributed by atoms with Crippen LogP contribution >= 0.6 is 0 Å². The zero-order chi connectivity index (χ0) is 24.1. The van der Waals surface area contributed by atoms with E-state index in [1.54, 1.807) is 29.2 Å². The van der Waals surface area contributed by atoms with Gasteiger partial charge >= 0.3 is 0 Å². The molecule has 9 heteroatoms. The van der Waals surface area contributed by atoms with E-state index in [9.17, 15) is 13.2 Å². The molecule has 0 spiro atoms. The number of carbonyl (C=O) groups is 1. The van der Waals surface area contributed by atoms with Crippen LogP contribution in [0.4, 0.5) is 0 Å². The fraction of sp³-hybridized carbons (Fsp3) is 0.400. The Balaban J connectivity index is 1.47. The largest absolute Gasteiger partial charge is 0.337 e. The monoisotopic (exact) mass is 482 g/mol. The second kappa shape index (κ2) is 10.5. The first kappa shape index (κ1) is 24.1. The van der Waals surface area contributed by atoms with Crippen molar-refractivity contribution in [3.8, 4) is 11.4 Å². The number of aryl methyl sites for hydroxylation is 1. The van der Waals surface area contributed by atoms with E-state index in [-0.39, 0.29) is 23.9 Å². The minimum atomic E-state index is -3.65. The predicted molar refractivity (Wildman–Crippen MR) is 128 cm³/mol. The van der Waals surface area contributed by atoms with Crippen LogP contribution in [0.25, 0.3) is 11.4 Å². The van der Waals surface area contributed by atoms with Crippen molar-refractivity contribution in [2.75, 3.05) is 19.6 Å². The van der Waals surface area contributed by atoms with Gasteiger partial charge in [0.2, 0.25) is 27.6 Å². The summed E-state index contributed by atoms with van der Waals surface area (Å²) in [7, 11) is -3.65. The Morgan fingerprint density at radius 1 is 1.15 bits per heavy atom. The molecule has 0 radical (unpaired) electrons. The number of carbonyl (C=O) groups excluding carboxylic acids is 1. The summed E-state index contributed by atoms with van der Waals surface area (Å²) < 4.78 is 33.2. The number of sulfonamides is 1. The molecule has 34 heavy (non-hydrogen) atoms. The first-order chi connectivity index (χ1) is 16.4. The molecule has 0 N–H and O–H groups in total. The highest BCUT2D eigenvalue weighted by molar-refractivity contribution is 7.89. The number of benzene rings is 2. The van der Waals surface area contributed by atoms with Gasteiger partial charge in [-0.2, -0.15) is 9.29 Å². The van der Waals surface area contributed by atoms with Gasteiger partial charge in [-0.05, 0) is 38.3 Å². The molecule has 1 aliphatic rings. The lowest BCUT2D eigenvalue weighted by molar-refractivity contribution is -0.137. The zero-order valence-electron chi connectivity index (χ0n) is 19.6. The molecule has 1 amide bonds. The fourth-order valence-corrected chi connectivity index (χ4v) is 5.73. The van der Waals surface area contributed by atoms with Crippen LogP contribution in [0, 0.1) is 12.8 Å². The van der Waals surface area contributed by atoms with Crippen molar-refractivity contribution in [2.24, 2.45) is 5.92 Å². The summed E-state index contributed by atoms with van der Waals surface area (Å²) in [5.41, 5.74) is 1.84. The third-order valence-electron chi connectivity index (χ3n) is 6.02. The van der Waals surface area contributed by atoms with Crippen molar-refractivity contribution in [1.29, 1.82) is 0 Å². The van der Waals surface area contributed by atoms with Gasteiger partial charge in [-0.15, -0.1) is 0 Å². The number of hydrogen-bond acceptors (Lipinski definition) is 6. The van der Waals surface area contributed by atoms with Crippen molar-refractivity contribution < 1.29 is 17.7 Å². The summed E-state index contributed by atoms with van der Waals surface area (Å²) in [6.07, 6.45) is 2.06. The summed E-state index contributed by atoms with van der Waals surface area (Å²) in [5, 5.41) is 4.04.